The first-order chi connectivity index (χ1) is 8.99. The third-order valence-electron chi connectivity index (χ3n) is 3.49. The average Bonchev–Trinajstić information content (AvgIpc) is 2.37. The number of aliphatic hydroxyl groups excluding tert-OH is 1. The van der Waals surface area contributed by atoms with Gasteiger partial charge >= 0.3 is 0 Å². The molecule has 6 heteroatoms. The predicted molar refractivity (Wildman–Crippen MR) is 75.8 cm³/mol. The fourth-order valence-corrected chi connectivity index (χ4v) is 2.54. The topological polar surface area (TPSA) is 67.2 Å². The quantitative estimate of drug-likeness (QED) is 0.893. The Morgan fingerprint density at radius 1 is 1.42 bits per heavy atom. The fourth-order valence-electron chi connectivity index (χ4n) is 2.35. The average molecular weight is 286 g/mol. The first-order valence-electron chi connectivity index (χ1n) is 6.71. The summed E-state index contributed by atoms with van der Waals surface area (Å²) < 4.78 is 1.37. The molecule has 1 aliphatic carbocycles. The summed E-state index contributed by atoms with van der Waals surface area (Å²) in [5.41, 5.74) is 0.322. The van der Waals surface area contributed by atoms with Gasteiger partial charge in [0.05, 0.1) is 24.0 Å². The van der Waals surface area contributed by atoms with E-state index in [4.69, 9.17) is 11.6 Å². The third-order valence-corrected chi connectivity index (χ3v) is 3.85. The normalized spacial score (nSPS) is 23.6. The number of anilines is 1. The third kappa shape index (κ3) is 3.28. The summed E-state index contributed by atoms with van der Waals surface area (Å²) in [6, 6.07) is 0.237. The first-order valence-corrected chi connectivity index (χ1v) is 7.08. The summed E-state index contributed by atoms with van der Waals surface area (Å²) >= 11 is 6.11. The van der Waals surface area contributed by atoms with Crippen LogP contribution in [-0.4, -0.2) is 27.0 Å². The molecule has 19 heavy (non-hydrogen) atoms. The largest absolute Gasteiger partial charge is 0.393 e. The van der Waals surface area contributed by atoms with Gasteiger partial charge in [-0.05, 0) is 39.5 Å². The molecule has 2 N–H and O–H groups in total. The van der Waals surface area contributed by atoms with Crippen molar-refractivity contribution in [2.75, 3.05) is 5.32 Å². The molecule has 0 spiro atoms. The van der Waals surface area contributed by atoms with Crippen LogP contribution in [0.5, 0.6) is 0 Å². The Hall–Kier alpha value is -1.07. The summed E-state index contributed by atoms with van der Waals surface area (Å²) in [5, 5.41) is 17.0. The molecular formula is C13H20ClN3O2. The molecule has 0 unspecified atom stereocenters. The van der Waals surface area contributed by atoms with Crippen LogP contribution in [0.2, 0.25) is 5.02 Å². The summed E-state index contributed by atoms with van der Waals surface area (Å²) in [5.74, 6) is 0. The number of aromatic nitrogens is 2. The maximum absolute atomic E-state index is 12.0. The predicted octanol–water partition coefficient (Wildman–Crippen LogP) is 2.19. The van der Waals surface area contributed by atoms with Gasteiger partial charge in [-0.2, -0.15) is 5.10 Å². The summed E-state index contributed by atoms with van der Waals surface area (Å²) in [7, 11) is 0. The van der Waals surface area contributed by atoms with E-state index in [1.54, 1.807) is 6.20 Å². The van der Waals surface area contributed by atoms with Crippen molar-refractivity contribution in [2.24, 2.45) is 0 Å². The molecule has 1 aliphatic rings. The van der Waals surface area contributed by atoms with E-state index in [0.717, 1.165) is 25.7 Å². The minimum absolute atomic E-state index is 0.0103. The van der Waals surface area contributed by atoms with E-state index >= 15 is 0 Å². The van der Waals surface area contributed by atoms with Gasteiger partial charge in [-0.25, -0.2) is 4.68 Å². The number of hydrogen-bond acceptors (Lipinski definition) is 4. The molecule has 1 saturated carbocycles. The Morgan fingerprint density at radius 3 is 2.63 bits per heavy atom. The van der Waals surface area contributed by atoms with Crippen LogP contribution < -0.4 is 10.9 Å². The molecular weight excluding hydrogens is 266 g/mol. The second-order valence-corrected chi connectivity index (χ2v) is 5.74. The van der Waals surface area contributed by atoms with Gasteiger partial charge in [0, 0.05) is 6.04 Å². The van der Waals surface area contributed by atoms with Crippen LogP contribution in [0, 0.1) is 0 Å². The SMILES string of the molecule is CC(C)n1ncc(NC2CCC(O)CC2)c(Cl)c1=O. The van der Waals surface area contributed by atoms with Gasteiger partial charge in [0.1, 0.15) is 5.02 Å². The van der Waals surface area contributed by atoms with Gasteiger partial charge < -0.3 is 10.4 Å². The van der Waals surface area contributed by atoms with E-state index in [2.05, 4.69) is 10.4 Å². The van der Waals surface area contributed by atoms with Crippen LogP contribution in [0.15, 0.2) is 11.0 Å². The molecule has 1 aromatic rings. The Labute approximate surface area is 117 Å². The molecule has 0 aliphatic heterocycles. The highest BCUT2D eigenvalue weighted by Gasteiger charge is 2.21. The lowest BCUT2D eigenvalue weighted by Gasteiger charge is -2.27. The van der Waals surface area contributed by atoms with Gasteiger partial charge in [0.25, 0.3) is 5.56 Å². The van der Waals surface area contributed by atoms with Crippen molar-refractivity contribution in [2.45, 2.75) is 57.7 Å². The van der Waals surface area contributed by atoms with E-state index in [-0.39, 0.29) is 28.8 Å². The molecule has 2 rings (SSSR count). The first kappa shape index (κ1) is 14.3. The van der Waals surface area contributed by atoms with Crippen LogP contribution in [0.4, 0.5) is 5.69 Å². The van der Waals surface area contributed by atoms with Crippen molar-refractivity contribution in [3.63, 3.8) is 0 Å². The zero-order valence-electron chi connectivity index (χ0n) is 11.3. The zero-order chi connectivity index (χ0) is 14.0. The maximum atomic E-state index is 12.0. The molecule has 106 valence electrons. The van der Waals surface area contributed by atoms with Gasteiger partial charge in [0.2, 0.25) is 0 Å². The monoisotopic (exact) mass is 285 g/mol. The number of aliphatic hydroxyl groups is 1. The molecule has 0 bridgehead atoms. The number of rotatable bonds is 3. The summed E-state index contributed by atoms with van der Waals surface area (Å²) in [4.78, 5) is 12.0. The molecule has 1 aromatic heterocycles. The van der Waals surface area contributed by atoms with E-state index in [9.17, 15) is 9.90 Å². The van der Waals surface area contributed by atoms with Crippen LogP contribution in [0.1, 0.15) is 45.6 Å². The maximum Gasteiger partial charge on any atom is 0.287 e. The second kappa shape index (κ2) is 5.92. The molecule has 5 nitrogen and oxygen atoms in total. The smallest absolute Gasteiger partial charge is 0.287 e. The highest BCUT2D eigenvalue weighted by atomic mass is 35.5. The molecule has 0 radical (unpaired) electrons. The van der Waals surface area contributed by atoms with Gasteiger partial charge in [0.15, 0.2) is 0 Å². The van der Waals surface area contributed by atoms with Crippen molar-refractivity contribution >= 4 is 17.3 Å². The van der Waals surface area contributed by atoms with Crippen molar-refractivity contribution in [1.29, 1.82) is 0 Å². The molecule has 0 amide bonds. The molecule has 1 heterocycles. The van der Waals surface area contributed by atoms with Gasteiger partial charge in [-0.1, -0.05) is 11.6 Å². The van der Waals surface area contributed by atoms with E-state index in [0.29, 0.717) is 5.69 Å². The van der Waals surface area contributed by atoms with E-state index in [1.807, 2.05) is 13.8 Å². The Balaban J connectivity index is 2.13. The van der Waals surface area contributed by atoms with Crippen LogP contribution in [0.3, 0.4) is 0 Å². The molecule has 0 saturated heterocycles. The highest BCUT2D eigenvalue weighted by molar-refractivity contribution is 6.32. The molecule has 0 aromatic carbocycles. The van der Waals surface area contributed by atoms with Crippen LogP contribution >= 0.6 is 11.6 Å². The summed E-state index contributed by atoms with van der Waals surface area (Å²) in [6.07, 6.45) is 4.74. The van der Waals surface area contributed by atoms with Gasteiger partial charge in [-0.15, -0.1) is 0 Å². The number of halogens is 1. The number of nitrogens with zero attached hydrogens (tertiary/aromatic N) is 2. The van der Waals surface area contributed by atoms with E-state index < -0.39 is 0 Å². The van der Waals surface area contributed by atoms with Crippen molar-refractivity contribution < 1.29 is 5.11 Å². The second-order valence-electron chi connectivity index (χ2n) is 5.37. The minimum Gasteiger partial charge on any atom is -0.393 e. The minimum atomic E-state index is -0.266. The van der Waals surface area contributed by atoms with Crippen molar-refractivity contribution in [1.82, 2.24) is 9.78 Å². The van der Waals surface area contributed by atoms with Crippen molar-refractivity contribution in [3.05, 3.63) is 21.6 Å². The summed E-state index contributed by atoms with van der Waals surface area (Å²) in [6.45, 7) is 3.78. The Kier molecular flexibility index (Phi) is 4.47. The Bertz CT molecular complexity index is 493. The van der Waals surface area contributed by atoms with Crippen LogP contribution in [-0.2, 0) is 0 Å². The van der Waals surface area contributed by atoms with Crippen LogP contribution in [0.25, 0.3) is 0 Å². The zero-order valence-corrected chi connectivity index (χ0v) is 12.0. The Morgan fingerprint density at radius 2 is 2.05 bits per heavy atom. The highest BCUT2D eigenvalue weighted by Crippen LogP contribution is 2.24. The lowest BCUT2D eigenvalue weighted by atomic mass is 9.93. The molecule has 1 fully saturated rings. The van der Waals surface area contributed by atoms with Crippen molar-refractivity contribution in [3.8, 4) is 0 Å². The fraction of sp³-hybridized carbons (Fsp3) is 0.692. The standard InChI is InChI=1S/C13H20ClN3O2/c1-8(2)17-13(19)12(14)11(7-15-17)16-9-3-5-10(18)6-4-9/h7-10,16,18H,3-6H2,1-2H3. The lowest BCUT2D eigenvalue weighted by molar-refractivity contribution is 0.126. The number of nitrogens with one attached hydrogen (secondary N) is 1. The van der Waals surface area contributed by atoms with E-state index in [1.165, 1.54) is 4.68 Å². The molecule has 0 atom stereocenters. The van der Waals surface area contributed by atoms with Gasteiger partial charge in [-0.3, -0.25) is 4.79 Å². The lowest BCUT2D eigenvalue weighted by Crippen LogP contribution is -2.30. The number of hydrogen-bond donors (Lipinski definition) is 2.